The van der Waals surface area contributed by atoms with Gasteiger partial charge in [-0.05, 0) is 41.9 Å². The molecule has 0 saturated heterocycles. The summed E-state index contributed by atoms with van der Waals surface area (Å²) in [6, 6.07) is 7.58. The van der Waals surface area contributed by atoms with E-state index < -0.39 is 5.97 Å². The van der Waals surface area contributed by atoms with E-state index in [-0.39, 0.29) is 16.6 Å². The Labute approximate surface area is 134 Å². The van der Waals surface area contributed by atoms with Crippen molar-refractivity contribution in [2.75, 3.05) is 5.32 Å². The minimum Gasteiger partial charge on any atom is -0.478 e. The van der Waals surface area contributed by atoms with Crippen LogP contribution in [0.4, 0.5) is 5.69 Å². The summed E-state index contributed by atoms with van der Waals surface area (Å²) in [4.78, 5) is 23.2. The first kappa shape index (κ1) is 15.4. The second-order valence-electron chi connectivity index (χ2n) is 3.89. The Bertz CT molecular complexity index is 701. The minimum absolute atomic E-state index is 0.0397. The Kier molecular flexibility index (Phi) is 4.89. The van der Waals surface area contributed by atoms with Crippen molar-refractivity contribution in [3.05, 3.63) is 51.2 Å². The summed E-state index contributed by atoms with van der Waals surface area (Å²) in [6.45, 7) is 0. The lowest BCUT2D eigenvalue weighted by atomic mass is 10.2. The first-order chi connectivity index (χ1) is 9.97. The number of thiocarbonyl (C=S) groups is 1. The maximum absolute atomic E-state index is 11.8. The van der Waals surface area contributed by atoms with Crippen LogP contribution in [0.25, 0.3) is 0 Å². The zero-order valence-corrected chi connectivity index (χ0v) is 12.8. The number of hydrogen-bond donors (Lipinski definition) is 3. The van der Waals surface area contributed by atoms with Gasteiger partial charge in [0.25, 0.3) is 5.91 Å². The number of hydrogen-bond acceptors (Lipinski definition) is 4. The molecule has 0 aliphatic carbocycles. The molecule has 0 atom stereocenters. The van der Waals surface area contributed by atoms with E-state index in [9.17, 15) is 9.59 Å². The van der Waals surface area contributed by atoms with Gasteiger partial charge in [0, 0.05) is 0 Å². The van der Waals surface area contributed by atoms with E-state index in [2.05, 4.69) is 10.6 Å². The quantitative estimate of drug-likeness (QED) is 0.748. The van der Waals surface area contributed by atoms with Gasteiger partial charge in [-0.2, -0.15) is 0 Å². The van der Waals surface area contributed by atoms with Gasteiger partial charge in [0.2, 0.25) is 0 Å². The molecular formula is C13H9ClN2O3S2. The first-order valence-electron chi connectivity index (χ1n) is 5.66. The third kappa shape index (κ3) is 4.01. The number of carboxylic acid groups (broad SMARTS) is 1. The Morgan fingerprint density at radius 2 is 2.05 bits per heavy atom. The van der Waals surface area contributed by atoms with Gasteiger partial charge in [0.05, 0.1) is 21.2 Å². The van der Waals surface area contributed by atoms with Crippen molar-refractivity contribution in [3.63, 3.8) is 0 Å². The topological polar surface area (TPSA) is 78.4 Å². The van der Waals surface area contributed by atoms with Gasteiger partial charge in [-0.1, -0.05) is 17.7 Å². The Morgan fingerprint density at radius 3 is 2.67 bits per heavy atom. The van der Waals surface area contributed by atoms with Crippen molar-refractivity contribution in [2.24, 2.45) is 0 Å². The predicted octanol–water partition coefficient (Wildman–Crippen LogP) is 3.23. The molecule has 0 bridgehead atoms. The summed E-state index contributed by atoms with van der Waals surface area (Å²) >= 11 is 12.3. The van der Waals surface area contributed by atoms with E-state index in [1.165, 1.54) is 29.5 Å². The highest BCUT2D eigenvalue weighted by Crippen LogP contribution is 2.23. The van der Waals surface area contributed by atoms with Gasteiger partial charge in [-0.3, -0.25) is 10.1 Å². The van der Waals surface area contributed by atoms with Crippen LogP contribution in [0, 0.1) is 0 Å². The summed E-state index contributed by atoms with van der Waals surface area (Å²) < 4.78 is 0. The van der Waals surface area contributed by atoms with E-state index >= 15 is 0 Å². The number of nitrogens with one attached hydrogen (secondary N) is 2. The number of carboxylic acids is 1. The molecule has 1 heterocycles. The highest BCUT2D eigenvalue weighted by molar-refractivity contribution is 7.80. The Balaban J connectivity index is 2.07. The zero-order valence-electron chi connectivity index (χ0n) is 10.4. The number of amides is 1. The lowest BCUT2D eigenvalue weighted by Crippen LogP contribution is -2.33. The fourth-order valence-corrected chi connectivity index (χ4v) is 2.47. The maximum Gasteiger partial charge on any atom is 0.335 e. The maximum atomic E-state index is 11.8. The smallest absolute Gasteiger partial charge is 0.335 e. The molecule has 1 aromatic carbocycles. The summed E-state index contributed by atoms with van der Waals surface area (Å²) in [5.74, 6) is -1.42. The largest absolute Gasteiger partial charge is 0.478 e. The fraction of sp³-hybridized carbons (Fsp3) is 0. The molecule has 0 unspecified atom stereocenters. The predicted molar refractivity (Wildman–Crippen MR) is 86.4 cm³/mol. The van der Waals surface area contributed by atoms with Crippen LogP contribution >= 0.6 is 35.2 Å². The number of carbonyl (C=O) groups is 2. The third-order valence-electron chi connectivity index (χ3n) is 2.43. The van der Waals surface area contributed by atoms with Gasteiger partial charge in [-0.15, -0.1) is 11.3 Å². The SMILES string of the molecule is O=C(O)c1ccc(Cl)c(NC(=S)NC(=O)c2cccs2)c1. The van der Waals surface area contributed by atoms with Crippen molar-refractivity contribution in [3.8, 4) is 0 Å². The molecule has 2 rings (SSSR count). The lowest BCUT2D eigenvalue weighted by Gasteiger charge is -2.11. The first-order valence-corrected chi connectivity index (χ1v) is 7.32. The van der Waals surface area contributed by atoms with Crippen molar-refractivity contribution in [2.45, 2.75) is 0 Å². The molecule has 0 saturated carbocycles. The van der Waals surface area contributed by atoms with Crippen molar-refractivity contribution < 1.29 is 14.7 Å². The number of thiophene rings is 1. The van der Waals surface area contributed by atoms with E-state index in [1.807, 2.05) is 0 Å². The molecule has 108 valence electrons. The Hall–Kier alpha value is -1.96. The number of benzene rings is 1. The van der Waals surface area contributed by atoms with Crippen LogP contribution in [0.5, 0.6) is 0 Å². The molecule has 0 radical (unpaired) electrons. The fourth-order valence-electron chi connectivity index (χ4n) is 1.48. The molecule has 3 N–H and O–H groups in total. The average molecular weight is 341 g/mol. The van der Waals surface area contributed by atoms with Crippen LogP contribution in [0.15, 0.2) is 35.7 Å². The average Bonchev–Trinajstić information content (AvgIpc) is 2.95. The van der Waals surface area contributed by atoms with Crippen LogP contribution < -0.4 is 10.6 Å². The Morgan fingerprint density at radius 1 is 1.29 bits per heavy atom. The molecule has 0 fully saturated rings. The number of halogens is 1. The van der Waals surface area contributed by atoms with Crippen molar-refractivity contribution >= 4 is 57.8 Å². The van der Waals surface area contributed by atoms with Gasteiger partial charge >= 0.3 is 5.97 Å². The van der Waals surface area contributed by atoms with E-state index in [0.29, 0.717) is 15.6 Å². The van der Waals surface area contributed by atoms with E-state index in [1.54, 1.807) is 17.5 Å². The van der Waals surface area contributed by atoms with Gasteiger partial charge in [0.15, 0.2) is 5.11 Å². The minimum atomic E-state index is -1.08. The lowest BCUT2D eigenvalue weighted by molar-refractivity contribution is 0.0696. The van der Waals surface area contributed by atoms with Crippen molar-refractivity contribution in [1.82, 2.24) is 5.32 Å². The molecule has 2 aromatic rings. The number of rotatable bonds is 3. The standard InChI is InChI=1S/C13H9ClN2O3S2/c14-8-4-3-7(12(18)19)6-9(8)15-13(20)16-11(17)10-2-1-5-21-10/h1-6H,(H,18,19)(H2,15,16,17,20). The molecule has 1 amide bonds. The summed E-state index contributed by atoms with van der Waals surface area (Å²) in [7, 11) is 0. The molecule has 21 heavy (non-hydrogen) atoms. The van der Waals surface area contributed by atoms with E-state index in [0.717, 1.165) is 0 Å². The van der Waals surface area contributed by atoms with Crippen LogP contribution in [0.2, 0.25) is 5.02 Å². The molecule has 8 heteroatoms. The number of anilines is 1. The summed E-state index contributed by atoms with van der Waals surface area (Å²) in [6.07, 6.45) is 0. The zero-order chi connectivity index (χ0) is 15.4. The number of aromatic carboxylic acids is 1. The molecule has 5 nitrogen and oxygen atoms in total. The van der Waals surface area contributed by atoms with Gasteiger partial charge in [-0.25, -0.2) is 4.79 Å². The van der Waals surface area contributed by atoms with Crippen LogP contribution in [-0.2, 0) is 0 Å². The van der Waals surface area contributed by atoms with Crippen LogP contribution in [-0.4, -0.2) is 22.1 Å². The monoisotopic (exact) mass is 340 g/mol. The van der Waals surface area contributed by atoms with Gasteiger partial charge < -0.3 is 10.4 Å². The third-order valence-corrected chi connectivity index (χ3v) is 3.84. The van der Waals surface area contributed by atoms with Crippen LogP contribution in [0.3, 0.4) is 0 Å². The molecule has 0 aliphatic rings. The second-order valence-corrected chi connectivity index (χ2v) is 5.65. The van der Waals surface area contributed by atoms with E-state index in [4.69, 9.17) is 28.9 Å². The highest BCUT2D eigenvalue weighted by atomic mass is 35.5. The molecule has 0 spiro atoms. The summed E-state index contributed by atoms with van der Waals surface area (Å²) in [5.41, 5.74) is 0.377. The molecule has 0 aliphatic heterocycles. The second kappa shape index (κ2) is 6.66. The molecule has 1 aromatic heterocycles. The number of carbonyl (C=O) groups excluding carboxylic acids is 1. The normalized spacial score (nSPS) is 9.95. The summed E-state index contributed by atoms with van der Waals surface area (Å²) in [5, 5.41) is 16.2. The highest BCUT2D eigenvalue weighted by Gasteiger charge is 2.11. The van der Waals surface area contributed by atoms with Gasteiger partial charge in [0.1, 0.15) is 0 Å². The van der Waals surface area contributed by atoms with Crippen LogP contribution in [0.1, 0.15) is 20.0 Å². The van der Waals surface area contributed by atoms with Crippen molar-refractivity contribution in [1.29, 1.82) is 0 Å². The molecular weight excluding hydrogens is 332 g/mol.